The third-order valence-corrected chi connectivity index (χ3v) is 4.85. The molecule has 0 bridgehead atoms. The summed E-state index contributed by atoms with van der Waals surface area (Å²) in [5, 5.41) is 3.01. The predicted octanol–water partition coefficient (Wildman–Crippen LogP) is 2.59. The number of hydrogen-bond donors (Lipinski definition) is 1. The van der Waals surface area contributed by atoms with Crippen molar-refractivity contribution in [2.75, 3.05) is 39.5 Å². The highest BCUT2D eigenvalue weighted by Crippen LogP contribution is 2.18. The Balaban J connectivity index is 1.28. The maximum absolute atomic E-state index is 12.2. The van der Waals surface area contributed by atoms with Crippen molar-refractivity contribution in [3.05, 3.63) is 35.4 Å². The number of nitrogens with one attached hydrogen (secondary N) is 1. The molecule has 2 aliphatic rings. The molecule has 1 saturated heterocycles. The van der Waals surface area contributed by atoms with Gasteiger partial charge < -0.3 is 19.7 Å². The molecule has 1 aromatic carbocycles. The molecular weight excluding hydrogens is 304 g/mol. The van der Waals surface area contributed by atoms with Gasteiger partial charge in [-0.2, -0.15) is 0 Å². The molecule has 132 valence electrons. The lowest BCUT2D eigenvalue weighted by molar-refractivity contribution is 0.0202. The maximum Gasteiger partial charge on any atom is 0.317 e. The van der Waals surface area contributed by atoms with E-state index in [2.05, 4.69) is 23.5 Å². The van der Waals surface area contributed by atoms with Crippen LogP contribution in [0, 0.1) is 5.92 Å². The zero-order chi connectivity index (χ0) is 16.6. The van der Waals surface area contributed by atoms with Gasteiger partial charge in [0.05, 0.1) is 0 Å². The van der Waals surface area contributed by atoms with E-state index in [-0.39, 0.29) is 6.03 Å². The molecule has 0 atom stereocenters. The standard InChI is InChI=1S/C19H28N2O3/c22-19(21-10-6-17-4-1-2-5-18(17)14-21)20-9-3-11-24-15-16-7-12-23-13-8-16/h1-2,4-5,16H,3,6-15H2,(H,20,22). The van der Waals surface area contributed by atoms with Gasteiger partial charge in [0.15, 0.2) is 0 Å². The zero-order valence-corrected chi connectivity index (χ0v) is 14.3. The molecular formula is C19H28N2O3. The number of urea groups is 1. The molecule has 1 fully saturated rings. The molecule has 3 rings (SSSR count). The van der Waals surface area contributed by atoms with Crippen molar-refractivity contribution in [1.82, 2.24) is 10.2 Å². The predicted molar refractivity (Wildman–Crippen MR) is 92.9 cm³/mol. The third-order valence-electron chi connectivity index (χ3n) is 4.85. The van der Waals surface area contributed by atoms with Crippen LogP contribution in [0.25, 0.3) is 0 Å². The Morgan fingerprint density at radius 2 is 2.04 bits per heavy atom. The minimum atomic E-state index is 0.0360. The summed E-state index contributed by atoms with van der Waals surface area (Å²) < 4.78 is 11.1. The average molecular weight is 332 g/mol. The minimum Gasteiger partial charge on any atom is -0.381 e. The highest BCUT2D eigenvalue weighted by molar-refractivity contribution is 5.74. The summed E-state index contributed by atoms with van der Waals surface area (Å²) in [5.41, 5.74) is 2.63. The summed E-state index contributed by atoms with van der Waals surface area (Å²) in [6.45, 7) is 5.43. The number of rotatable bonds is 6. The minimum absolute atomic E-state index is 0.0360. The normalized spacial score (nSPS) is 18.2. The van der Waals surface area contributed by atoms with Crippen LogP contribution < -0.4 is 5.32 Å². The number of benzene rings is 1. The summed E-state index contributed by atoms with van der Waals surface area (Å²) in [6.07, 6.45) is 4.01. The Morgan fingerprint density at radius 1 is 1.25 bits per heavy atom. The molecule has 2 amide bonds. The zero-order valence-electron chi connectivity index (χ0n) is 14.3. The molecule has 0 spiro atoms. The topological polar surface area (TPSA) is 50.8 Å². The largest absolute Gasteiger partial charge is 0.381 e. The number of nitrogens with zero attached hydrogens (tertiary/aromatic N) is 1. The maximum atomic E-state index is 12.2. The molecule has 0 aromatic heterocycles. The fraction of sp³-hybridized carbons (Fsp3) is 0.632. The molecule has 5 heteroatoms. The molecule has 2 aliphatic heterocycles. The van der Waals surface area contributed by atoms with Crippen LogP contribution >= 0.6 is 0 Å². The van der Waals surface area contributed by atoms with Gasteiger partial charge in [0.2, 0.25) is 0 Å². The lowest BCUT2D eigenvalue weighted by Crippen LogP contribution is -2.43. The number of amides is 2. The fourth-order valence-corrected chi connectivity index (χ4v) is 3.31. The van der Waals surface area contributed by atoms with E-state index in [1.807, 2.05) is 11.0 Å². The summed E-state index contributed by atoms with van der Waals surface area (Å²) in [7, 11) is 0. The first-order chi connectivity index (χ1) is 11.8. The average Bonchev–Trinajstić information content (AvgIpc) is 2.65. The van der Waals surface area contributed by atoms with E-state index in [9.17, 15) is 4.79 Å². The van der Waals surface area contributed by atoms with E-state index < -0.39 is 0 Å². The van der Waals surface area contributed by atoms with E-state index in [1.54, 1.807) is 0 Å². The summed E-state index contributed by atoms with van der Waals surface area (Å²) in [6, 6.07) is 8.40. The Hall–Kier alpha value is -1.59. The second-order valence-electron chi connectivity index (χ2n) is 6.66. The summed E-state index contributed by atoms with van der Waals surface area (Å²) in [5.74, 6) is 0.641. The van der Waals surface area contributed by atoms with Crippen LogP contribution in [0.3, 0.4) is 0 Å². The third kappa shape index (κ3) is 4.95. The van der Waals surface area contributed by atoms with Gasteiger partial charge in [0.25, 0.3) is 0 Å². The van der Waals surface area contributed by atoms with E-state index in [4.69, 9.17) is 9.47 Å². The number of carbonyl (C=O) groups is 1. The summed E-state index contributed by atoms with van der Waals surface area (Å²) >= 11 is 0. The number of hydrogen-bond acceptors (Lipinski definition) is 3. The number of carbonyl (C=O) groups excluding carboxylic acids is 1. The Kier molecular flexibility index (Phi) is 6.49. The first kappa shape index (κ1) is 17.2. The number of ether oxygens (including phenoxy) is 2. The van der Waals surface area contributed by atoms with Gasteiger partial charge in [0, 0.05) is 46.1 Å². The summed E-state index contributed by atoms with van der Waals surface area (Å²) in [4.78, 5) is 14.1. The van der Waals surface area contributed by atoms with Gasteiger partial charge in [-0.1, -0.05) is 24.3 Å². The first-order valence-corrected chi connectivity index (χ1v) is 9.08. The SMILES string of the molecule is O=C(NCCCOCC1CCOCC1)N1CCc2ccccc2C1. The second-order valence-corrected chi connectivity index (χ2v) is 6.66. The molecule has 5 nitrogen and oxygen atoms in total. The van der Waals surface area contributed by atoms with Crippen molar-refractivity contribution in [3.63, 3.8) is 0 Å². The molecule has 0 unspecified atom stereocenters. The van der Waals surface area contributed by atoms with Crippen molar-refractivity contribution in [2.24, 2.45) is 5.92 Å². The van der Waals surface area contributed by atoms with Crippen molar-refractivity contribution >= 4 is 6.03 Å². The Morgan fingerprint density at radius 3 is 2.88 bits per heavy atom. The van der Waals surface area contributed by atoms with E-state index >= 15 is 0 Å². The smallest absolute Gasteiger partial charge is 0.317 e. The van der Waals surface area contributed by atoms with Crippen LogP contribution in [-0.4, -0.2) is 50.4 Å². The van der Waals surface area contributed by atoms with E-state index in [0.717, 1.165) is 52.0 Å². The Labute approximate surface area is 144 Å². The van der Waals surface area contributed by atoms with Crippen molar-refractivity contribution < 1.29 is 14.3 Å². The Bertz CT molecular complexity index is 529. The molecule has 0 radical (unpaired) electrons. The van der Waals surface area contributed by atoms with Gasteiger partial charge in [0.1, 0.15) is 0 Å². The molecule has 2 heterocycles. The fourth-order valence-electron chi connectivity index (χ4n) is 3.31. The van der Waals surface area contributed by atoms with Crippen molar-refractivity contribution in [3.8, 4) is 0 Å². The highest BCUT2D eigenvalue weighted by atomic mass is 16.5. The van der Waals surface area contributed by atoms with Crippen LogP contribution in [0.4, 0.5) is 4.79 Å². The van der Waals surface area contributed by atoms with Crippen LogP contribution in [0.2, 0.25) is 0 Å². The lowest BCUT2D eigenvalue weighted by Gasteiger charge is -2.29. The van der Waals surface area contributed by atoms with Crippen LogP contribution in [0.5, 0.6) is 0 Å². The quantitative estimate of drug-likeness (QED) is 0.815. The van der Waals surface area contributed by atoms with Crippen molar-refractivity contribution in [2.45, 2.75) is 32.2 Å². The van der Waals surface area contributed by atoms with E-state index in [0.29, 0.717) is 25.6 Å². The molecule has 0 aliphatic carbocycles. The second kappa shape index (κ2) is 9.04. The van der Waals surface area contributed by atoms with Gasteiger partial charge in [-0.15, -0.1) is 0 Å². The van der Waals surface area contributed by atoms with Gasteiger partial charge in [-0.3, -0.25) is 0 Å². The number of fused-ring (bicyclic) bond motifs is 1. The van der Waals surface area contributed by atoms with Crippen molar-refractivity contribution in [1.29, 1.82) is 0 Å². The molecule has 24 heavy (non-hydrogen) atoms. The lowest BCUT2D eigenvalue weighted by atomic mass is 10.0. The van der Waals surface area contributed by atoms with Crippen LogP contribution in [0.1, 0.15) is 30.4 Å². The van der Waals surface area contributed by atoms with E-state index in [1.165, 1.54) is 11.1 Å². The first-order valence-electron chi connectivity index (χ1n) is 9.08. The van der Waals surface area contributed by atoms with Crippen LogP contribution in [0.15, 0.2) is 24.3 Å². The molecule has 0 saturated carbocycles. The van der Waals surface area contributed by atoms with Gasteiger partial charge >= 0.3 is 6.03 Å². The van der Waals surface area contributed by atoms with Crippen LogP contribution in [-0.2, 0) is 22.4 Å². The monoisotopic (exact) mass is 332 g/mol. The van der Waals surface area contributed by atoms with Gasteiger partial charge in [-0.25, -0.2) is 4.79 Å². The van der Waals surface area contributed by atoms with Gasteiger partial charge in [-0.05, 0) is 42.7 Å². The highest BCUT2D eigenvalue weighted by Gasteiger charge is 2.19. The molecule has 1 aromatic rings. The molecule has 1 N–H and O–H groups in total.